The molecular weight excluding hydrogens is 248 g/mol. The molecule has 1 aromatic heterocycles. The third kappa shape index (κ3) is 2.05. The highest BCUT2D eigenvalue weighted by atomic mass is 16.3. The lowest BCUT2D eigenvalue weighted by Gasteiger charge is -2.10. The van der Waals surface area contributed by atoms with E-state index in [0.717, 1.165) is 41.0 Å². The molecule has 3 rings (SSSR count). The lowest BCUT2D eigenvalue weighted by atomic mass is 10.1. The van der Waals surface area contributed by atoms with Crippen LogP contribution in [0.15, 0.2) is 42.5 Å². The van der Waals surface area contributed by atoms with Crippen molar-refractivity contribution in [2.24, 2.45) is 0 Å². The van der Waals surface area contributed by atoms with Crippen molar-refractivity contribution in [2.45, 2.75) is 26.8 Å². The number of hydrogen-bond donors (Lipinski definition) is 1. The molecule has 1 N–H and O–H groups in total. The van der Waals surface area contributed by atoms with Gasteiger partial charge in [0.25, 0.3) is 0 Å². The van der Waals surface area contributed by atoms with Crippen LogP contribution in [-0.4, -0.2) is 14.7 Å². The first kappa shape index (κ1) is 12.7. The lowest BCUT2D eigenvalue weighted by molar-refractivity contribution is 0.475. The van der Waals surface area contributed by atoms with Gasteiger partial charge in [-0.2, -0.15) is 0 Å². The van der Waals surface area contributed by atoms with Crippen LogP contribution >= 0.6 is 0 Å². The Hall–Kier alpha value is -2.29. The van der Waals surface area contributed by atoms with E-state index in [1.54, 1.807) is 12.1 Å². The van der Waals surface area contributed by atoms with Gasteiger partial charge in [0, 0.05) is 12.1 Å². The Bertz CT molecular complexity index is 759. The summed E-state index contributed by atoms with van der Waals surface area (Å²) in [6.45, 7) is 5.11. The van der Waals surface area contributed by atoms with Crippen LogP contribution in [0.5, 0.6) is 5.75 Å². The number of aryl methyl sites for hydroxylation is 2. The number of fused-ring (bicyclic) bond motifs is 1. The van der Waals surface area contributed by atoms with Crippen molar-refractivity contribution in [1.82, 2.24) is 9.55 Å². The second-order valence-electron chi connectivity index (χ2n) is 5.07. The number of benzene rings is 2. The Balaban J connectivity index is 2.26. The highest BCUT2D eigenvalue weighted by molar-refractivity contribution is 5.81. The zero-order valence-electron chi connectivity index (χ0n) is 11.8. The first-order valence-electron chi connectivity index (χ1n) is 6.96. The highest BCUT2D eigenvalue weighted by Crippen LogP contribution is 2.29. The number of aromatic hydroxyl groups is 1. The fraction of sp³-hybridized carbons (Fsp3) is 0.235. The van der Waals surface area contributed by atoms with Gasteiger partial charge in [-0.3, -0.25) is 0 Å². The van der Waals surface area contributed by atoms with Gasteiger partial charge in [0.1, 0.15) is 11.6 Å². The van der Waals surface area contributed by atoms with Gasteiger partial charge in [0.2, 0.25) is 0 Å². The monoisotopic (exact) mass is 266 g/mol. The zero-order chi connectivity index (χ0) is 14.1. The fourth-order valence-corrected chi connectivity index (χ4v) is 2.63. The topological polar surface area (TPSA) is 38.0 Å². The molecule has 3 aromatic rings. The Kier molecular flexibility index (Phi) is 3.18. The molecule has 3 heteroatoms. The molecule has 0 amide bonds. The fourth-order valence-electron chi connectivity index (χ4n) is 2.63. The van der Waals surface area contributed by atoms with Crippen LogP contribution < -0.4 is 0 Å². The first-order valence-corrected chi connectivity index (χ1v) is 6.96. The summed E-state index contributed by atoms with van der Waals surface area (Å²) in [6.07, 6.45) is 1.06. The Morgan fingerprint density at radius 2 is 1.95 bits per heavy atom. The maximum atomic E-state index is 9.57. The molecule has 0 bridgehead atoms. The third-order valence-electron chi connectivity index (χ3n) is 3.55. The summed E-state index contributed by atoms with van der Waals surface area (Å²) in [7, 11) is 0. The Labute approximate surface area is 118 Å². The molecule has 0 saturated heterocycles. The van der Waals surface area contributed by atoms with Crippen LogP contribution in [0, 0.1) is 6.92 Å². The van der Waals surface area contributed by atoms with Gasteiger partial charge < -0.3 is 9.67 Å². The Morgan fingerprint density at radius 1 is 1.15 bits per heavy atom. The summed E-state index contributed by atoms with van der Waals surface area (Å²) < 4.78 is 2.26. The summed E-state index contributed by atoms with van der Waals surface area (Å²) in [5, 5.41) is 9.57. The van der Waals surface area contributed by atoms with E-state index >= 15 is 0 Å². The maximum absolute atomic E-state index is 9.57. The lowest BCUT2D eigenvalue weighted by Crippen LogP contribution is -2.00. The maximum Gasteiger partial charge on any atom is 0.141 e. The minimum atomic E-state index is 0.296. The first-order chi connectivity index (χ1) is 9.70. The third-order valence-corrected chi connectivity index (χ3v) is 3.55. The van der Waals surface area contributed by atoms with E-state index in [0.29, 0.717) is 5.75 Å². The number of phenolic OH excluding ortho intramolecular Hbond substituents is 1. The summed E-state index contributed by atoms with van der Waals surface area (Å²) >= 11 is 0. The van der Waals surface area contributed by atoms with Crippen LogP contribution in [0.25, 0.3) is 22.4 Å². The minimum Gasteiger partial charge on any atom is -0.508 e. The molecule has 0 saturated carbocycles. The average Bonchev–Trinajstić information content (AvgIpc) is 2.78. The van der Waals surface area contributed by atoms with Gasteiger partial charge in [0.15, 0.2) is 0 Å². The Morgan fingerprint density at radius 3 is 2.70 bits per heavy atom. The number of phenols is 1. The second-order valence-corrected chi connectivity index (χ2v) is 5.07. The van der Waals surface area contributed by atoms with E-state index < -0.39 is 0 Å². The summed E-state index contributed by atoms with van der Waals surface area (Å²) in [4.78, 5) is 4.77. The van der Waals surface area contributed by atoms with Gasteiger partial charge in [0.05, 0.1) is 11.0 Å². The van der Waals surface area contributed by atoms with Gasteiger partial charge in [-0.25, -0.2) is 4.98 Å². The molecule has 0 aliphatic rings. The van der Waals surface area contributed by atoms with Gasteiger partial charge in [-0.15, -0.1) is 0 Å². The van der Waals surface area contributed by atoms with E-state index in [1.165, 1.54) is 0 Å². The van der Waals surface area contributed by atoms with Crippen molar-refractivity contribution >= 4 is 11.0 Å². The van der Waals surface area contributed by atoms with Crippen molar-refractivity contribution < 1.29 is 5.11 Å². The molecule has 1 heterocycles. The quantitative estimate of drug-likeness (QED) is 0.774. The molecule has 0 unspecified atom stereocenters. The van der Waals surface area contributed by atoms with Crippen LogP contribution in [0.3, 0.4) is 0 Å². The standard InChI is InChI=1S/C17H18N2O/c1-3-10-19-16-7-5-4-6-15(16)18-17(19)14-9-8-13(20)11-12(14)2/h4-9,11,20H,3,10H2,1-2H3. The zero-order valence-corrected chi connectivity index (χ0v) is 11.8. The van der Waals surface area contributed by atoms with Crippen LogP contribution in [0.1, 0.15) is 18.9 Å². The largest absolute Gasteiger partial charge is 0.508 e. The molecule has 0 aliphatic heterocycles. The number of rotatable bonds is 3. The molecule has 0 aliphatic carbocycles. The van der Waals surface area contributed by atoms with Crippen LogP contribution in [0.2, 0.25) is 0 Å². The van der Waals surface area contributed by atoms with E-state index in [1.807, 2.05) is 31.2 Å². The molecule has 102 valence electrons. The van der Waals surface area contributed by atoms with E-state index in [2.05, 4.69) is 17.6 Å². The number of aromatic nitrogens is 2. The van der Waals surface area contributed by atoms with Crippen molar-refractivity contribution in [1.29, 1.82) is 0 Å². The number of hydrogen-bond acceptors (Lipinski definition) is 2. The number of imidazole rings is 1. The van der Waals surface area contributed by atoms with Crippen molar-refractivity contribution in [2.75, 3.05) is 0 Å². The predicted octanol–water partition coefficient (Wildman–Crippen LogP) is 4.13. The van der Waals surface area contributed by atoms with Gasteiger partial charge >= 0.3 is 0 Å². The number of para-hydroxylation sites is 2. The average molecular weight is 266 g/mol. The molecular formula is C17H18N2O. The SMILES string of the molecule is CCCn1c(-c2ccc(O)cc2C)nc2ccccc21. The molecule has 2 aromatic carbocycles. The predicted molar refractivity (Wildman–Crippen MR) is 81.9 cm³/mol. The summed E-state index contributed by atoms with van der Waals surface area (Å²) in [5.74, 6) is 1.27. The van der Waals surface area contributed by atoms with E-state index in [-0.39, 0.29) is 0 Å². The molecule has 0 spiro atoms. The normalized spacial score (nSPS) is 11.1. The highest BCUT2D eigenvalue weighted by Gasteiger charge is 2.13. The van der Waals surface area contributed by atoms with Crippen molar-refractivity contribution in [3.63, 3.8) is 0 Å². The second kappa shape index (κ2) is 5.00. The summed E-state index contributed by atoms with van der Waals surface area (Å²) in [5.41, 5.74) is 4.30. The molecule has 20 heavy (non-hydrogen) atoms. The molecule has 3 nitrogen and oxygen atoms in total. The van der Waals surface area contributed by atoms with E-state index in [9.17, 15) is 5.11 Å². The molecule has 0 radical (unpaired) electrons. The minimum absolute atomic E-state index is 0.296. The van der Waals surface area contributed by atoms with Crippen LogP contribution in [0.4, 0.5) is 0 Å². The summed E-state index contributed by atoms with van der Waals surface area (Å²) in [6, 6.07) is 13.7. The number of nitrogens with zero attached hydrogens (tertiary/aromatic N) is 2. The van der Waals surface area contributed by atoms with Gasteiger partial charge in [-0.1, -0.05) is 19.1 Å². The smallest absolute Gasteiger partial charge is 0.141 e. The van der Waals surface area contributed by atoms with Crippen molar-refractivity contribution in [3.05, 3.63) is 48.0 Å². The van der Waals surface area contributed by atoms with E-state index in [4.69, 9.17) is 4.98 Å². The molecule has 0 fully saturated rings. The molecule has 0 atom stereocenters. The van der Waals surface area contributed by atoms with Crippen molar-refractivity contribution in [3.8, 4) is 17.1 Å². The van der Waals surface area contributed by atoms with Gasteiger partial charge in [-0.05, 0) is 49.2 Å². The van der Waals surface area contributed by atoms with Crippen LogP contribution in [-0.2, 0) is 6.54 Å².